The molecular formula is C14H25N3O. The van der Waals surface area contributed by atoms with Crippen LogP contribution >= 0.6 is 0 Å². The second-order valence-electron chi connectivity index (χ2n) is 5.50. The molecule has 4 nitrogen and oxygen atoms in total. The van der Waals surface area contributed by atoms with Crippen molar-refractivity contribution in [3.05, 3.63) is 11.7 Å². The predicted octanol–water partition coefficient (Wildman–Crippen LogP) is 3.22. The zero-order valence-corrected chi connectivity index (χ0v) is 11.8. The number of hydrogen-bond acceptors (Lipinski definition) is 4. The largest absolute Gasteiger partial charge is 0.339 e. The fourth-order valence-corrected chi connectivity index (χ4v) is 2.54. The van der Waals surface area contributed by atoms with Crippen LogP contribution in [-0.4, -0.2) is 22.7 Å². The van der Waals surface area contributed by atoms with Crippen LogP contribution in [0, 0.1) is 0 Å². The Balaban J connectivity index is 1.95. The lowest BCUT2D eigenvalue weighted by molar-refractivity contribution is 0.326. The third-order valence-corrected chi connectivity index (χ3v) is 4.03. The number of hydrogen-bond donors (Lipinski definition) is 1. The summed E-state index contributed by atoms with van der Waals surface area (Å²) in [6.07, 6.45) is 6.19. The maximum atomic E-state index is 5.44. The highest BCUT2D eigenvalue weighted by Crippen LogP contribution is 2.33. The van der Waals surface area contributed by atoms with Gasteiger partial charge in [-0.25, -0.2) is 0 Å². The Kier molecular flexibility index (Phi) is 4.75. The van der Waals surface area contributed by atoms with Crippen molar-refractivity contribution < 1.29 is 4.52 Å². The van der Waals surface area contributed by atoms with E-state index >= 15 is 0 Å². The zero-order valence-electron chi connectivity index (χ0n) is 11.8. The van der Waals surface area contributed by atoms with Gasteiger partial charge >= 0.3 is 0 Å². The van der Waals surface area contributed by atoms with Crippen molar-refractivity contribution in [2.75, 3.05) is 6.54 Å². The molecule has 1 aromatic rings. The molecule has 1 aliphatic rings. The quantitative estimate of drug-likeness (QED) is 0.843. The summed E-state index contributed by atoms with van der Waals surface area (Å²) in [7, 11) is 0. The second-order valence-corrected chi connectivity index (χ2v) is 5.50. The van der Waals surface area contributed by atoms with Crippen LogP contribution in [0.3, 0.4) is 0 Å². The Morgan fingerprint density at radius 2 is 2.06 bits per heavy atom. The summed E-state index contributed by atoms with van der Waals surface area (Å²) in [5.74, 6) is 2.53. The molecule has 2 rings (SSSR count). The molecule has 18 heavy (non-hydrogen) atoms. The van der Waals surface area contributed by atoms with E-state index in [1.807, 2.05) is 0 Å². The summed E-state index contributed by atoms with van der Waals surface area (Å²) in [6.45, 7) is 7.55. The van der Waals surface area contributed by atoms with Gasteiger partial charge in [0.25, 0.3) is 0 Å². The summed E-state index contributed by atoms with van der Waals surface area (Å²) in [6, 6.07) is 0.377. The lowest BCUT2D eigenvalue weighted by Crippen LogP contribution is -2.31. The standard InChI is InChI=1S/C14H25N3O/c1-4-9-15-11(3)10(2)14-16-13(17-18-14)12-7-5-6-8-12/h10-12,15H,4-9H2,1-3H3. The topological polar surface area (TPSA) is 51.0 Å². The van der Waals surface area contributed by atoms with Gasteiger partial charge in [0.1, 0.15) is 0 Å². The van der Waals surface area contributed by atoms with Crippen LogP contribution in [0.1, 0.15) is 76.4 Å². The van der Waals surface area contributed by atoms with Crippen LogP contribution in [-0.2, 0) is 0 Å². The van der Waals surface area contributed by atoms with Crippen LogP contribution in [0.2, 0.25) is 0 Å². The maximum absolute atomic E-state index is 5.44. The highest BCUT2D eigenvalue weighted by atomic mass is 16.5. The number of aromatic nitrogens is 2. The third kappa shape index (κ3) is 3.10. The van der Waals surface area contributed by atoms with Crippen molar-refractivity contribution in [1.29, 1.82) is 0 Å². The molecule has 1 heterocycles. The van der Waals surface area contributed by atoms with E-state index < -0.39 is 0 Å². The minimum Gasteiger partial charge on any atom is -0.339 e. The maximum Gasteiger partial charge on any atom is 0.231 e. The fraction of sp³-hybridized carbons (Fsp3) is 0.857. The number of rotatable bonds is 6. The lowest BCUT2D eigenvalue weighted by atomic mass is 10.0. The van der Waals surface area contributed by atoms with E-state index in [1.54, 1.807) is 0 Å². The van der Waals surface area contributed by atoms with E-state index in [1.165, 1.54) is 25.7 Å². The predicted molar refractivity (Wildman–Crippen MR) is 71.7 cm³/mol. The molecule has 0 saturated heterocycles. The lowest BCUT2D eigenvalue weighted by Gasteiger charge is -2.17. The average Bonchev–Trinajstić information content (AvgIpc) is 3.04. The van der Waals surface area contributed by atoms with Gasteiger partial charge in [-0.05, 0) is 32.7 Å². The van der Waals surface area contributed by atoms with Gasteiger partial charge in [-0.1, -0.05) is 31.8 Å². The Labute approximate surface area is 110 Å². The van der Waals surface area contributed by atoms with E-state index in [-0.39, 0.29) is 5.92 Å². The summed E-state index contributed by atoms with van der Waals surface area (Å²) in [5.41, 5.74) is 0. The highest BCUT2D eigenvalue weighted by molar-refractivity contribution is 5.02. The van der Waals surface area contributed by atoms with E-state index in [0.29, 0.717) is 12.0 Å². The van der Waals surface area contributed by atoms with E-state index in [0.717, 1.165) is 24.7 Å². The van der Waals surface area contributed by atoms with Crippen LogP contribution < -0.4 is 5.32 Å². The molecule has 1 fully saturated rings. The van der Waals surface area contributed by atoms with E-state index in [2.05, 4.69) is 36.2 Å². The Morgan fingerprint density at radius 3 is 2.72 bits per heavy atom. The summed E-state index contributed by atoms with van der Waals surface area (Å²) in [5, 5.41) is 7.65. The zero-order chi connectivity index (χ0) is 13.0. The molecule has 0 bridgehead atoms. The molecule has 4 heteroatoms. The summed E-state index contributed by atoms with van der Waals surface area (Å²) >= 11 is 0. The van der Waals surface area contributed by atoms with Gasteiger partial charge in [-0.2, -0.15) is 4.98 Å². The van der Waals surface area contributed by atoms with Gasteiger partial charge in [0.2, 0.25) is 5.89 Å². The minimum absolute atomic E-state index is 0.277. The Bertz CT molecular complexity index is 358. The van der Waals surface area contributed by atoms with Gasteiger partial charge in [-0.15, -0.1) is 0 Å². The van der Waals surface area contributed by atoms with Crippen LogP contribution in [0.25, 0.3) is 0 Å². The SMILES string of the molecule is CCCNC(C)C(C)c1nc(C2CCCC2)no1. The first-order valence-corrected chi connectivity index (χ1v) is 7.29. The second kappa shape index (κ2) is 6.32. The van der Waals surface area contributed by atoms with E-state index in [4.69, 9.17) is 4.52 Å². The average molecular weight is 251 g/mol. The molecule has 1 aromatic heterocycles. The summed E-state index contributed by atoms with van der Waals surface area (Å²) in [4.78, 5) is 4.60. The molecule has 2 unspecified atom stereocenters. The molecular weight excluding hydrogens is 226 g/mol. The fourth-order valence-electron chi connectivity index (χ4n) is 2.54. The first-order chi connectivity index (χ1) is 8.72. The van der Waals surface area contributed by atoms with Crippen LogP contribution in [0.5, 0.6) is 0 Å². The van der Waals surface area contributed by atoms with Gasteiger partial charge in [0, 0.05) is 12.0 Å². The van der Waals surface area contributed by atoms with Crippen molar-refractivity contribution in [1.82, 2.24) is 15.5 Å². The molecule has 0 aromatic carbocycles. The van der Waals surface area contributed by atoms with Gasteiger partial charge in [0.15, 0.2) is 5.82 Å². The van der Waals surface area contributed by atoms with Crippen LogP contribution in [0.15, 0.2) is 4.52 Å². The first kappa shape index (κ1) is 13.5. The molecule has 1 N–H and O–H groups in total. The molecule has 0 amide bonds. The minimum atomic E-state index is 0.277. The number of nitrogens with zero attached hydrogens (tertiary/aromatic N) is 2. The Hall–Kier alpha value is -0.900. The van der Waals surface area contributed by atoms with Crippen molar-refractivity contribution >= 4 is 0 Å². The van der Waals surface area contributed by atoms with Crippen LogP contribution in [0.4, 0.5) is 0 Å². The van der Waals surface area contributed by atoms with Crippen molar-refractivity contribution in [2.45, 2.75) is 70.8 Å². The van der Waals surface area contributed by atoms with Crippen molar-refractivity contribution in [3.8, 4) is 0 Å². The third-order valence-electron chi connectivity index (χ3n) is 4.03. The molecule has 2 atom stereocenters. The number of nitrogens with one attached hydrogen (secondary N) is 1. The smallest absolute Gasteiger partial charge is 0.231 e. The monoisotopic (exact) mass is 251 g/mol. The van der Waals surface area contributed by atoms with Crippen molar-refractivity contribution in [3.63, 3.8) is 0 Å². The van der Waals surface area contributed by atoms with Gasteiger partial charge in [-0.3, -0.25) is 0 Å². The van der Waals surface area contributed by atoms with Crippen molar-refractivity contribution in [2.24, 2.45) is 0 Å². The molecule has 0 spiro atoms. The highest BCUT2D eigenvalue weighted by Gasteiger charge is 2.25. The Morgan fingerprint density at radius 1 is 1.33 bits per heavy atom. The summed E-state index contributed by atoms with van der Waals surface area (Å²) < 4.78 is 5.44. The van der Waals surface area contributed by atoms with Gasteiger partial charge < -0.3 is 9.84 Å². The molecule has 1 saturated carbocycles. The molecule has 1 aliphatic carbocycles. The first-order valence-electron chi connectivity index (χ1n) is 7.29. The van der Waals surface area contributed by atoms with E-state index in [9.17, 15) is 0 Å². The molecule has 102 valence electrons. The molecule has 0 radical (unpaired) electrons. The molecule has 0 aliphatic heterocycles. The van der Waals surface area contributed by atoms with Gasteiger partial charge in [0.05, 0.1) is 5.92 Å². The normalized spacial score (nSPS) is 20.2.